The minimum Gasteiger partial charge on any atom is -0.504 e. The molecule has 3 aromatic heterocycles. The molecule has 0 spiro atoms. The monoisotopic (exact) mass is 419 g/mol. The number of thioether (sulfide) groups is 1. The lowest BCUT2D eigenvalue weighted by Crippen LogP contribution is -2.15. The van der Waals surface area contributed by atoms with Crippen LogP contribution in [0.15, 0.2) is 47.5 Å². The minimum absolute atomic E-state index is 0.113. The van der Waals surface area contributed by atoms with Crippen LogP contribution in [0.25, 0.3) is 5.65 Å². The zero-order chi connectivity index (χ0) is 19.2. The molecule has 3 heterocycles. The second-order valence-electron chi connectivity index (χ2n) is 5.80. The predicted molar refractivity (Wildman–Crippen MR) is 116 cm³/mol. The Labute approximate surface area is 169 Å². The second-order valence-corrected chi connectivity index (χ2v) is 8.35. The van der Waals surface area contributed by atoms with Gasteiger partial charge in [0.15, 0.2) is 11.4 Å². The third-order valence-corrected chi connectivity index (χ3v) is 6.25. The lowest BCUT2D eigenvalue weighted by atomic mass is 10.2. The lowest BCUT2D eigenvalue weighted by Gasteiger charge is -2.07. The van der Waals surface area contributed by atoms with Crippen molar-refractivity contribution in [2.75, 3.05) is 0 Å². The quantitative estimate of drug-likeness (QED) is 0.611. The molecular weight excluding hydrogens is 402 g/mol. The normalized spacial score (nSPS) is 10.9. The molecule has 0 saturated carbocycles. The van der Waals surface area contributed by atoms with E-state index in [9.17, 15) is 9.90 Å². The molecule has 27 heavy (non-hydrogen) atoms. The summed E-state index contributed by atoms with van der Waals surface area (Å²) >= 11 is 7.50. The van der Waals surface area contributed by atoms with E-state index in [0.717, 1.165) is 25.0 Å². The highest BCUT2D eigenvalue weighted by Gasteiger charge is 2.09. The van der Waals surface area contributed by atoms with Crippen LogP contribution in [0.1, 0.15) is 24.2 Å². The van der Waals surface area contributed by atoms with Crippen molar-refractivity contribution in [1.29, 1.82) is 0 Å². The molecule has 0 aliphatic heterocycles. The molecule has 0 bridgehead atoms. The zero-order valence-electron chi connectivity index (χ0n) is 14.5. The van der Waals surface area contributed by atoms with Crippen LogP contribution in [-0.4, -0.2) is 29.5 Å². The van der Waals surface area contributed by atoms with E-state index in [0.29, 0.717) is 11.4 Å². The van der Waals surface area contributed by atoms with Crippen LogP contribution in [-0.2, 0) is 12.2 Å². The number of aromatic nitrogens is 3. The first-order valence-corrected chi connectivity index (χ1v) is 10.6. The van der Waals surface area contributed by atoms with Gasteiger partial charge < -0.3 is 5.11 Å². The highest BCUT2D eigenvalue weighted by atomic mass is 35.5. The fourth-order valence-electron chi connectivity index (χ4n) is 2.57. The number of aryl methyl sites for hydroxylation is 1. The molecule has 0 aliphatic carbocycles. The molecule has 3 aromatic rings. The number of hydrogen-bond acceptors (Lipinski definition) is 5. The van der Waals surface area contributed by atoms with E-state index in [1.54, 1.807) is 18.0 Å². The summed E-state index contributed by atoms with van der Waals surface area (Å²) in [6, 6.07) is 8.77. The standard InChI is InChI=1S/C19H18ClN3O2S2/c1-26-18(7-4-6-14-5-2-3-8-21-14)27-12-15-10-17(25)23-11-13(20)9-16(24)19(23)22-15/h2-3,5,8-11,24H,1,4,6-7,12H2. The van der Waals surface area contributed by atoms with Crippen molar-refractivity contribution in [3.8, 4) is 5.75 Å². The maximum atomic E-state index is 12.3. The van der Waals surface area contributed by atoms with Crippen LogP contribution in [0.3, 0.4) is 0 Å². The van der Waals surface area contributed by atoms with Gasteiger partial charge in [0.1, 0.15) is 0 Å². The minimum atomic E-state index is -0.271. The van der Waals surface area contributed by atoms with Crippen molar-refractivity contribution in [3.63, 3.8) is 0 Å². The van der Waals surface area contributed by atoms with Gasteiger partial charge in [-0.15, -0.1) is 22.7 Å². The van der Waals surface area contributed by atoms with Gasteiger partial charge in [-0.1, -0.05) is 17.7 Å². The first-order valence-electron chi connectivity index (χ1n) is 8.28. The molecule has 0 amide bonds. The van der Waals surface area contributed by atoms with E-state index >= 15 is 0 Å². The van der Waals surface area contributed by atoms with Crippen molar-refractivity contribution >= 4 is 50.0 Å². The summed E-state index contributed by atoms with van der Waals surface area (Å²) in [6.07, 6.45) is 6.05. The lowest BCUT2D eigenvalue weighted by molar-refractivity contribution is 0.476. The van der Waals surface area contributed by atoms with Gasteiger partial charge in [-0.3, -0.25) is 14.2 Å². The third-order valence-electron chi connectivity index (χ3n) is 3.84. The Morgan fingerprint density at radius 3 is 2.89 bits per heavy atom. The molecule has 0 saturated heterocycles. The number of rotatable bonds is 6. The van der Waals surface area contributed by atoms with Gasteiger partial charge in [-0.2, -0.15) is 0 Å². The van der Waals surface area contributed by atoms with Crippen LogP contribution in [0.2, 0.25) is 5.02 Å². The molecule has 1 N–H and O–H groups in total. The topological polar surface area (TPSA) is 67.5 Å². The van der Waals surface area contributed by atoms with Gasteiger partial charge in [0.05, 0.1) is 10.7 Å². The molecule has 8 heteroatoms. The van der Waals surface area contributed by atoms with Crippen molar-refractivity contribution in [2.45, 2.75) is 25.0 Å². The van der Waals surface area contributed by atoms with Crippen molar-refractivity contribution in [1.82, 2.24) is 14.4 Å². The van der Waals surface area contributed by atoms with Crippen molar-refractivity contribution in [2.24, 2.45) is 0 Å². The average molecular weight is 420 g/mol. The first-order chi connectivity index (χ1) is 13.1. The Hall–Kier alpha value is -2.09. The largest absolute Gasteiger partial charge is 0.504 e. The molecule has 0 aromatic carbocycles. The smallest absolute Gasteiger partial charge is 0.258 e. The van der Waals surface area contributed by atoms with Gasteiger partial charge in [-0.25, -0.2) is 4.98 Å². The maximum absolute atomic E-state index is 12.3. The van der Waals surface area contributed by atoms with Gasteiger partial charge >= 0.3 is 0 Å². The van der Waals surface area contributed by atoms with Crippen LogP contribution in [0.4, 0.5) is 0 Å². The summed E-state index contributed by atoms with van der Waals surface area (Å²) in [6.45, 7) is 0. The maximum Gasteiger partial charge on any atom is 0.258 e. The SMILES string of the molecule is C=S=C(CCCc1ccccn1)SCc1cc(=O)n2cc(Cl)cc(O)c2n1. The Morgan fingerprint density at radius 2 is 2.15 bits per heavy atom. The molecule has 3 rings (SSSR count). The number of nitrogens with zero attached hydrogens (tertiary/aromatic N) is 3. The fraction of sp³-hybridized carbons (Fsp3) is 0.211. The van der Waals surface area contributed by atoms with Gasteiger partial charge in [0.2, 0.25) is 0 Å². The number of aromatic hydroxyl groups is 1. The molecule has 0 fully saturated rings. The molecule has 0 aliphatic rings. The Kier molecular flexibility index (Phi) is 6.71. The van der Waals surface area contributed by atoms with E-state index < -0.39 is 0 Å². The number of fused-ring (bicyclic) bond motifs is 1. The van der Waals surface area contributed by atoms with Gasteiger partial charge in [0.25, 0.3) is 5.56 Å². The summed E-state index contributed by atoms with van der Waals surface area (Å²) in [5.41, 5.74) is 1.63. The molecule has 0 atom stereocenters. The summed E-state index contributed by atoms with van der Waals surface area (Å²) in [4.78, 5) is 21.0. The van der Waals surface area contributed by atoms with E-state index in [2.05, 4.69) is 15.8 Å². The predicted octanol–water partition coefficient (Wildman–Crippen LogP) is 4.00. The van der Waals surface area contributed by atoms with Crippen molar-refractivity contribution in [3.05, 3.63) is 69.5 Å². The molecule has 5 nitrogen and oxygen atoms in total. The third kappa shape index (κ3) is 5.22. The van der Waals surface area contributed by atoms with Gasteiger partial charge in [-0.05, 0) is 37.3 Å². The highest BCUT2D eigenvalue weighted by Crippen LogP contribution is 2.22. The fourth-order valence-corrected chi connectivity index (χ4v) is 4.32. The summed E-state index contributed by atoms with van der Waals surface area (Å²) < 4.78 is 2.42. The summed E-state index contributed by atoms with van der Waals surface area (Å²) in [7, 11) is 1.47. The average Bonchev–Trinajstić information content (AvgIpc) is 2.66. The number of halogens is 1. The van der Waals surface area contributed by atoms with Gasteiger partial charge in [0, 0.05) is 40.2 Å². The van der Waals surface area contributed by atoms with E-state index in [1.807, 2.05) is 18.2 Å². The molecule has 0 radical (unpaired) electrons. The Morgan fingerprint density at radius 1 is 1.30 bits per heavy atom. The summed E-state index contributed by atoms with van der Waals surface area (Å²) in [5, 5.41) is 10.3. The highest BCUT2D eigenvalue weighted by molar-refractivity contribution is 8.25. The van der Waals surface area contributed by atoms with E-state index in [1.165, 1.54) is 37.9 Å². The number of pyridine rings is 2. The zero-order valence-corrected chi connectivity index (χ0v) is 16.9. The second kappa shape index (κ2) is 9.21. The van der Waals surface area contributed by atoms with Crippen molar-refractivity contribution < 1.29 is 5.11 Å². The van der Waals surface area contributed by atoms with E-state index in [4.69, 9.17) is 11.6 Å². The van der Waals surface area contributed by atoms with Crippen LogP contribution in [0, 0.1) is 0 Å². The van der Waals surface area contributed by atoms with Crippen LogP contribution >= 0.6 is 34.3 Å². The van der Waals surface area contributed by atoms with Crippen LogP contribution in [0.5, 0.6) is 5.75 Å². The Bertz CT molecular complexity index is 1060. The Balaban J connectivity index is 1.64. The molecule has 140 valence electrons. The number of hydrogen-bond donors (Lipinski definition) is 1. The van der Waals surface area contributed by atoms with E-state index in [-0.39, 0.29) is 22.0 Å². The summed E-state index contributed by atoms with van der Waals surface area (Å²) in [5.74, 6) is 4.34. The first kappa shape index (κ1) is 19.7. The van der Waals surface area contributed by atoms with Crippen LogP contribution < -0.4 is 5.56 Å². The molecular formula is C19H18ClN3O2S2. The molecule has 0 unspecified atom stereocenters.